The molecule has 0 aromatic rings. The average Bonchev–Trinajstić information content (AvgIpc) is 2.17. The van der Waals surface area contributed by atoms with Crippen molar-refractivity contribution in [1.82, 2.24) is 0 Å². The van der Waals surface area contributed by atoms with E-state index in [1.54, 1.807) is 0 Å². The zero-order valence-corrected chi connectivity index (χ0v) is 7.17. The molecule has 0 bridgehead atoms. The van der Waals surface area contributed by atoms with Gasteiger partial charge >= 0.3 is 5.97 Å². The van der Waals surface area contributed by atoms with E-state index in [9.17, 15) is 14.0 Å². The van der Waals surface area contributed by atoms with Gasteiger partial charge < -0.3 is 4.74 Å². The number of carbonyl (C=O) groups excluding carboxylic acids is 2. The second-order valence-electron chi connectivity index (χ2n) is 2.65. The first kappa shape index (κ1) is 9.64. The van der Waals surface area contributed by atoms with Gasteiger partial charge in [-0.2, -0.15) is 0 Å². The Morgan fingerprint density at radius 2 is 2.31 bits per heavy atom. The van der Waals surface area contributed by atoms with Gasteiger partial charge in [0.2, 0.25) is 0 Å². The molecule has 0 aromatic heterocycles. The van der Waals surface area contributed by atoms with Gasteiger partial charge in [0.05, 0.1) is 12.7 Å². The van der Waals surface area contributed by atoms with Crippen LogP contribution in [0.2, 0.25) is 0 Å². The van der Waals surface area contributed by atoms with Gasteiger partial charge in [-0.25, -0.2) is 9.18 Å². The van der Waals surface area contributed by atoms with Gasteiger partial charge in [-0.3, -0.25) is 4.79 Å². The molecule has 0 saturated heterocycles. The van der Waals surface area contributed by atoms with Crippen molar-refractivity contribution >= 4 is 12.3 Å². The van der Waals surface area contributed by atoms with Gasteiger partial charge in [0.25, 0.3) is 0 Å². The third-order valence-corrected chi connectivity index (χ3v) is 1.81. The second kappa shape index (κ2) is 3.98. The third-order valence-electron chi connectivity index (χ3n) is 1.81. The van der Waals surface area contributed by atoms with E-state index in [1.807, 2.05) is 0 Å². The molecule has 13 heavy (non-hydrogen) atoms. The van der Waals surface area contributed by atoms with Crippen molar-refractivity contribution in [2.45, 2.75) is 12.8 Å². The van der Waals surface area contributed by atoms with Crippen LogP contribution >= 0.6 is 0 Å². The van der Waals surface area contributed by atoms with E-state index in [4.69, 9.17) is 0 Å². The molecule has 0 atom stereocenters. The predicted octanol–water partition coefficient (Wildman–Crippen LogP) is 1.30. The molecule has 3 nitrogen and oxygen atoms in total. The fourth-order valence-electron chi connectivity index (χ4n) is 1.10. The van der Waals surface area contributed by atoms with Gasteiger partial charge in [0.15, 0.2) is 0 Å². The van der Waals surface area contributed by atoms with Crippen LogP contribution in [0.1, 0.15) is 12.8 Å². The smallest absolute Gasteiger partial charge is 0.340 e. The predicted molar refractivity (Wildman–Crippen MR) is 43.5 cm³/mol. The molecule has 0 spiro atoms. The molecule has 0 amide bonds. The SMILES string of the molecule is COC(=O)C1=C(F)CCC(C=O)=C1. The van der Waals surface area contributed by atoms with Gasteiger partial charge in [0.1, 0.15) is 12.1 Å². The number of rotatable bonds is 2. The van der Waals surface area contributed by atoms with E-state index in [0.717, 1.165) is 0 Å². The molecule has 0 fully saturated rings. The van der Waals surface area contributed by atoms with Crippen molar-refractivity contribution in [3.8, 4) is 0 Å². The minimum absolute atomic E-state index is 0.0923. The molecule has 0 unspecified atom stereocenters. The van der Waals surface area contributed by atoms with E-state index >= 15 is 0 Å². The summed E-state index contributed by atoms with van der Waals surface area (Å²) in [6.45, 7) is 0. The molecule has 1 aliphatic carbocycles. The maximum Gasteiger partial charge on any atom is 0.340 e. The van der Waals surface area contributed by atoms with Crippen molar-refractivity contribution in [3.63, 3.8) is 0 Å². The molecule has 0 aliphatic heterocycles. The molecule has 1 rings (SSSR count). The Kier molecular flexibility index (Phi) is 2.95. The molecular weight excluding hydrogens is 175 g/mol. The minimum Gasteiger partial charge on any atom is -0.465 e. The zero-order chi connectivity index (χ0) is 9.84. The van der Waals surface area contributed by atoms with Crippen molar-refractivity contribution in [2.24, 2.45) is 0 Å². The van der Waals surface area contributed by atoms with Crippen LogP contribution in [0, 0.1) is 0 Å². The number of aldehydes is 1. The van der Waals surface area contributed by atoms with E-state index in [0.29, 0.717) is 18.3 Å². The molecule has 70 valence electrons. The average molecular weight is 184 g/mol. The zero-order valence-electron chi connectivity index (χ0n) is 7.17. The molecule has 0 radical (unpaired) electrons. The third kappa shape index (κ3) is 2.02. The molecule has 0 heterocycles. The number of hydrogen-bond donors (Lipinski definition) is 0. The van der Waals surface area contributed by atoms with Gasteiger partial charge in [-0.15, -0.1) is 0 Å². The lowest BCUT2D eigenvalue weighted by Crippen LogP contribution is -2.09. The maximum absolute atomic E-state index is 13.0. The van der Waals surface area contributed by atoms with Crippen LogP contribution < -0.4 is 0 Å². The number of halogens is 1. The molecule has 0 N–H and O–H groups in total. The second-order valence-corrected chi connectivity index (χ2v) is 2.65. The summed E-state index contributed by atoms with van der Waals surface area (Å²) < 4.78 is 17.4. The van der Waals surface area contributed by atoms with Crippen LogP contribution in [0.3, 0.4) is 0 Å². The van der Waals surface area contributed by atoms with Crippen LogP contribution in [0.5, 0.6) is 0 Å². The fourth-order valence-corrected chi connectivity index (χ4v) is 1.10. The lowest BCUT2D eigenvalue weighted by Gasteiger charge is -2.09. The Hall–Kier alpha value is -1.45. The summed E-state index contributed by atoms with van der Waals surface area (Å²) >= 11 is 0. The molecule has 4 heteroatoms. The lowest BCUT2D eigenvalue weighted by molar-refractivity contribution is -0.135. The molecule has 0 saturated carbocycles. The van der Waals surface area contributed by atoms with Crippen LogP contribution in [0.15, 0.2) is 23.0 Å². The standard InChI is InChI=1S/C9H9FO3/c1-13-9(12)7-4-6(5-11)2-3-8(7)10/h4-5H,2-3H2,1H3. The molecule has 1 aliphatic rings. The summed E-state index contributed by atoms with van der Waals surface area (Å²) in [5, 5.41) is 0. The Morgan fingerprint density at radius 3 is 2.85 bits per heavy atom. The highest BCUT2D eigenvalue weighted by atomic mass is 19.1. The quantitative estimate of drug-likeness (QED) is 0.480. The molecular formula is C9H9FO3. The van der Waals surface area contributed by atoms with Gasteiger partial charge in [0, 0.05) is 6.42 Å². The van der Waals surface area contributed by atoms with Crippen molar-refractivity contribution in [3.05, 3.63) is 23.0 Å². The summed E-state index contributed by atoms with van der Waals surface area (Å²) in [6, 6.07) is 0. The summed E-state index contributed by atoms with van der Waals surface area (Å²) in [5.74, 6) is -1.26. The normalized spacial score (nSPS) is 16.6. The topological polar surface area (TPSA) is 43.4 Å². The first-order chi connectivity index (χ1) is 6.19. The highest BCUT2D eigenvalue weighted by Crippen LogP contribution is 2.24. The Morgan fingerprint density at radius 1 is 1.62 bits per heavy atom. The summed E-state index contributed by atoms with van der Waals surface area (Å²) in [6.07, 6.45) is 2.29. The first-order valence-corrected chi connectivity index (χ1v) is 3.81. The first-order valence-electron chi connectivity index (χ1n) is 3.81. The number of methoxy groups -OCH3 is 1. The van der Waals surface area contributed by atoms with Gasteiger partial charge in [-0.05, 0) is 18.1 Å². The number of allylic oxidation sites excluding steroid dienone is 2. The highest BCUT2D eigenvalue weighted by Gasteiger charge is 2.19. The molecule has 0 aromatic carbocycles. The highest BCUT2D eigenvalue weighted by molar-refractivity contribution is 5.94. The maximum atomic E-state index is 13.0. The van der Waals surface area contributed by atoms with E-state index in [1.165, 1.54) is 13.2 Å². The van der Waals surface area contributed by atoms with E-state index < -0.39 is 11.8 Å². The fraction of sp³-hybridized carbons (Fsp3) is 0.333. The van der Waals surface area contributed by atoms with Crippen molar-refractivity contribution in [1.29, 1.82) is 0 Å². The summed E-state index contributed by atoms with van der Waals surface area (Å²) in [4.78, 5) is 21.3. The number of carbonyl (C=O) groups is 2. The monoisotopic (exact) mass is 184 g/mol. The summed E-state index contributed by atoms with van der Waals surface area (Å²) in [7, 11) is 1.17. The van der Waals surface area contributed by atoms with Gasteiger partial charge in [-0.1, -0.05) is 0 Å². The van der Waals surface area contributed by atoms with Crippen LogP contribution in [0.4, 0.5) is 4.39 Å². The number of ether oxygens (including phenoxy) is 1. The lowest BCUT2D eigenvalue weighted by atomic mass is 9.99. The van der Waals surface area contributed by atoms with E-state index in [-0.39, 0.29) is 12.0 Å². The Bertz CT molecular complexity index is 302. The number of hydrogen-bond acceptors (Lipinski definition) is 3. The largest absolute Gasteiger partial charge is 0.465 e. The van der Waals surface area contributed by atoms with Crippen molar-refractivity contribution < 1.29 is 18.7 Å². The Balaban J connectivity index is 2.98. The van der Waals surface area contributed by atoms with Crippen LogP contribution in [0.25, 0.3) is 0 Å². The Labute approximate surface area is 74.9 Å². The van der Waals surface area contributed by atoms with Crippen molar-refractivity contribution in [2.75, 3.05) is 7.11 Å². The van der Waals surface area contributed by atoms with E-state index in [2.05, 4.69) is 4.74 Å². The minimum atomic E-state index is -0.739. The summed E-state index contributed by atoms with van der Waals surface area (Å²) in [5.41, 5.74) is 0.276. The van der Waals surface area contributed by atoms with Crippen LogP contribution in [-0.2, 0) is 14.3 Å². The van der Waals surface area contributed by atoms with Crippen LogP contribution in [-0.4, -0.2) is 19.4 Å². The number of esters is 1.